The first-order chi connectivity index (χ1) is 11.6. The quantitative estimate of drug-likeness (QED) is 0.483. The highest BCUT2D eigenvalue weighted by atomic mass is 16.5. The topological polar surface area (TPSA) is 66.8 Å². The summed E-state index contributed by atoms with van der Waals surface area (Å²) in [5.41, 5.74) is -2.08. The number of Topliss-reactive ketones (excluding diaryl/α,β-unsaturated/α-hetero) is 1. The Hall–Kier alpha value is -0.450. The molecule has 0 aromatic heterocycles. The van der Waals surface area contributed by atoms with Crippen molar-refractivity contribution >= 4 is 5.78 Å². The molecule has 0 saturated heterocycles. The lowest BCUT2D eigenvalue weighted by atomic mass is 9.71. The number of aliphatic hydroxyl groups excluding tert-OH is 1. The third-order valence-electron chi connectivity index (χ3n) is 6.18. The number of hydrogen-bond acceptors (Lipinski definition) is 4. The van der Waals surface area contributed by atoms with E-state index in [-0.39, 0.29) is 24.2 Å². The molecule has 3 atom stereocenters. The highest BCUT2D eigenvalue weighted by Gasteiger charge is 2.42. The molecule has 0 aliphatic rings. The summed E-state index contributed by atoms with van der Waals surface area (Å²) in [6.45, 7) is 18.1. The number of carbonyl (C=O) groups is 1. The van der Waals surface area contributed by atoms with Crippen LogP contribution in [0.5, 0.6) is 0 Å². The van der Waals surface area contributed by atoms with Gasteiger partial charge in [0.05, 0.1) is 18.3 Å². The average Bonchev–Trinajstić information content (AvgIpc) is 2.57. The molecule has 0 fully saturated rings. The van der Waals surface area contributed by atoms with Gasteiger partial charge in [-0.2, -0.15) is 0 Å². The number of rotatable bonds is 13. The van der Waals surface area contributed by atoms with E-state index < -0.39 is 22.7 Å². The molecule has 2 N–H and O–H groups in total. The fourth-order valence-electron chi connectivity index (χ4n) is 2.98. The van der Waals surface area contributed by atoms with Gasteiger partial charge in [0.2, 0.25) is 0 Å². The van der Waals surface area contributed by atoms with Gasteiger partial charge in [0.15, 0.2) is 5.78 Å². The van der Waals surface area contributed by atoms with E-state index in [0.717, 1.165) is 19.3 Å². The van der Waals surface area contributed by atoms with Gasteiger partial charge in [0.1, 0.15) is 5.60 Å². The molecular weight excluding hydrogens is 328 g/mol. The van der Waals surface area contributed by atoms with Crippen LogP contribution in [0.3, 0.4) is 0 Å². The summed E-state index contributed by atoms with van der Waals surface area (Å²) in [6.07, 6.45) is 3.47. The van der Waals surface area contributed by atoms with Gasteiger partial charge in [-0.25, -0.2) is 0 Å². The molecule has 4 heteroatoms. The van der Waals surface area contributed by atoms with Gasteiger partial charge in [0.25, 0.3) is 0 Å². The molecule has 0 aliphatic carbocycles. The zero-order chi connectivity index (χ0) is 20.8. The van der Waals surface area contributed by atoms with Crippen molar-refractivity contribution in [2.75, 3.05) is 6.61 Å². The standard InChI is InChI=1S/C22H44O4/c1-10-19(4,5)13-14-20(6,7)18(24)22(9,12-3)26-16-17(23)15-21(8,25)11-2/h17,23,25H,10-16H2,1-9H3. The molecule has 0 aliphatic heterocycles. The Labute approximate surface area is 161 Å². The molecule has 26 heavy (non-hydrogen) atoms. The fourth-order valence-corrected chi connectivity index (χ4v) is 2.98. The molecular formula is C22H44O4. The van der Waals surface area contributed by atoms with E-state index in [0.29, 0.717) is 12.8 Å². The SMILES string of the molecule is CCC(C)(C)CCC(C)(C)C(=O)C(C)(CC)OCC(O)CC(C)(O)CC. The van der Waals surface area contributed by atoms with Gasteiger partial charge in [-0.3, -0.25) is 4.79 Å². The summed E-state index contributed by atoms with van der Waals surface area (Å²) in [7, 11) is 0. The van der Waals surface area contributed by atoms with Gasteiger partial charge in [-0.15, -0.1) is 0 Å². The third-order valence-corrected chi connectivity index (χ3v) is 6.18. The van der Waals surface area contributed by atoms with Crippen LogP contribution in [-0.2, 0) is 9.53 Å². The third kappa shape index (κ3) is 8.06. The monoisotopic (exact) mass is 372 g/mol. The molecule has 0 heterocycles. The van der Waals surface area contributed by atoms with Gasteiger partial charge >= 0.3 is 0 Å². The first-order valence-corrected chi connectivity index (χ1v) is 10.2. The highest BCUT2D eigenvalue weighted by molar-refractivity contribution is 5.91. The summed E-state index contributed by atoms with van der Waals surface area (Å²) in [4.78, 5) is 13.2. The first kappa shape index (κ1) is 25.6. The van der Waals surface area contributed by atoms with E-state index in [4.69, 9.17) is 4.74 Å². The van der Waals surface area contributed by atoms with Crippen LogP contribution in [0, 0.1) is 10.8 Å². The molecule has 156 valence electrons. The Morgan fingerprint density at radius 3 is 1.88 bits per heavy atom. The largest absolute Gasteiger partial charge is 0.391 e. The second-order valence-electron chi connectivity index (χ2n) is 9.83. The lowest BCUT2D eigenvalue weighted by Gasteiger charge is -2.37. The maximum atomic E-state index is 13.2. The van der Waals surface area contributed by atoms with Gasteiger partial charge in [-0.1, -0.05) is 54.9 Å². The van der Waals surface area contributed by atoms with Crippen molar-refractivity contribution in [3.05, 3.63) is 0 Å². The number of ketones is 1. The van der Waals surface area contributed by atoms with Crippen LogP contribution in [-0.4, -0.2) is 39.9 Å². The average molecular weight is 373 g/mol. The van der Waals surface area contributed by atoms with Crippen molar-refractivity contribution in [3.63, 3.8) is 0 Å². The number of aliphatic hydroxyl groups is 2. The highest BCUT2D eigenvalue weighted by Crippen LogP contribution is 2.37. The molecule has 0 rings (SSSR count). The van der Waals surface area contributed by atoms with Crippen molar-refractivity contribution in [2.45, 2.75) is 118 Å². The zero-order valence-corrected chi connectivity index (χ0v) is 18.7. The maximum absolute atomic E-state index is 13.2. The number of hydrogen-bond donors (Lipinski definition) is 2. The summed E-state index contributed by atoms with van der Waals surface area (Å²) >= 11 is 0. The van der Waals surface area contributed by atoms with Crippen molar-refractivity contribution in [3.8, 4) is 0 Å². The summed E-state index contributed by atoms with van der Waals surface area (Å²) in [6, 6.07) is 0. The maximum Gasteiger partial charge on any atom is 0.169 e. The second-order valence-corrected chi connectivity index (χ2v) is 9.83. The minimum absolute atomic E-state index is 0.0583. The lowest BCUT2D eigenvalue weighted by molar-refractivity contribution is -0.158. The molecule has 0 radical (unpaired) electrons. The van der Waals surface area contributed by atoms with Crippen molar-refractivity contribution in [1.29, 1.82) is 0 Å². The Balaban J connectivity index is 4.96. The van der Waals surface area contributed by atoms with E-state index in [2.05, 4.69) is 20.8 Å². The van der Waals surface area contributed by atoms with E-state index in [1.807, 2.05) is 34.6 Å². The summed E-state index contributed by atoms with van der Waals surface area (Å²) in [5, 5.41) is 20.3. The van der Waals surface area contributed by atoms with Crippen molar-refractivity contribution < 1.29 is 19.7 Å². The van der Waals surface area contributed by atoms with E-state index in [1.165, 1.54) is 0 Å². The van der Waals surface area contributed by atoms with Crippen LogP contribution < -0.4 is 0 Å². The summed E-state index contributed by atoms with van der Waals surface area (Å²) < 4.78 is 5.93. The minimum atomic E-state index is -0.918. The Bertz CT molecular complexity index is 439. The molecule has 0 bridgehead atoms. The number of carbonyl (C=O) groups excluding carboxylic acids is 1. The van der Waals surface area contributed by atoms with Crippen molar-refractivity contribution in [2.24, 2.45) is 10.8 Å². The van der Waals surface area contributed by atoms with Crippen LogP contribution in [0.15, 0.2) is 0 Å². The van der Waals surface area contributed by atoms with Crippen LogP contribution in [0.4, 0.5) is 0 Å². The molecule has 4 nitrogen and oxygen atoms in total. The molecule has 3 unspecified atom stereocenters. The fraction of sp³-hybridized carbons (Fsp3) is 0.955. The molecule has 0 aromatic rings. The normalized spacial score (nSPS) is 18.9. The van der Waals surface area contributed by atoms with Gasteiger partial charge in [-0.05, 0) is 44.9 Å². The van der Waals surface area contributed by atoms with Crippen LogP contribution in [0.25, 0.3) is 0 Å². The Morgan fingerprint density at radius 2 is 1.46 bits per heavy atom. The predicted octanol–water partition coefficient (Wildman–Crippen LogP) is 4.90. The van der Waals surface area contributed by atoms with Gasteiger partial charge in [0, 0.05) is 11.8 Å². The Morgan fingerprint density at radius 1 is 0.923 bits per heavy atom. The van der Waals surface area contributed by atoms with E-state index >= 15 is 0 Å². The second kappa shape index (κ2) is 9.66. The first-order valence-electron chi connectivity index (χ1n) is 10.2. The minimum Gasteiger partial charge on any atom is -0.391 e. The Kier molecular flexibility index (Phi) is 9.49. The molecule has 0 spiro atoms. The van der Waals surface area contributed by atoms with Crippen LogP contribution >= 0.6 is 0 Å². The number of ether oxygens (including phenoxy) is 1. The predicted molar refractivity (Wildman–Crippen MR) is 108 cm³/mol. The van der Waals surface area contributed by atoms with E-state index in [1.54, 1.807) is 6.92 Å². The van der Waals surface area contributed by atoms with Crippen molar-refractivity contribution in [1.82, 2.24) is 0 Å². The lowest BCUT2D eigenvalue weighted by Crippen LogP contribution is -2.47. The van der Waals surface area contributed by atoms with Crippen LogP contribution in [0.1, 0.15) is 101 Å². The molecule has 0 saturated carbocycles. The molecule has 0 aromatic carbocycles. The summed E-state index contributed by atoms with van der Waals surface area (Å²) in [5.74, 6) is 0.0915. The van der Waals surface area contributed by atoms with Gasteiger partial charge < -0.3 is 14.9 Å². The molecule has 0 amide bonds. The zero-order valence-electron chi connectivity index (χ0n) is 18.7. The smallest absolute Gasteiger partial charge is 0.169 e. The van der Waals surface area contributed by atoms with Crippen LogP contribution in [0.2, 0.25) is 0 Å². The van der Waals surface area contributed by atoms with E-state index in [9.17, 15) is 15.0 Å².